The van der Waals surface area contributed by atoms with Gasteiger partial charge >= 0.3 is 0 Å². The van der Waals surface area contributed by atoms with E-state index in [1.54, 1.807) is 16.7 Å². The molecule has 23 heavy (non-hydrogen) atoms. The molecule has 0 bridgehead atoms. The fourth-order valence-electron chi connectivity index (χ4n) is 3.20. The second-order valence-corrected chi connectivity index (χ2v) is 7.04. The molecule has 2 heterocycles. The summed E-state index contributed by atoms with van der Waals surface area (Å²) in [6, 6.07) is 8.30. The van der Waals surface area contributed by atoms with Crippen LogP contribution >= 0.6 is 11.8 Å². The Hall–Kier alpha value is -1.53. The minimum atomic E-state index is 0.0910. The molecule has 5 nitrogen and oxygen atoms in total. The van der Waals surface area contributed by atoms with Crippen molar-refractivity contribution in [2.45, 2.75) is 30.2 Å². The van der Waals surface area contributed by atoms with E-state index in [1.165, 1.54) is 0 Å². The maximum Gasteiger partial charge on any atom is 0.237 e. The summed E-state index contributed by atoms with van der Waals surface area (Å²) in [5.74, 6) is 0.693. The summed E-state index contributed by atoms with van der Waals surface area (Å²) in [4.78, 5) is 29.5. The van der Waals surface area contributed by atoms with Crippen molar-refractivity contribution in [3.63, 3.8) is 0 Å². The molecule has 3 rings (SSSR count). The van der Waals surface area contributed by atoms with Gasteiger partial charge in [-0.1, -0.05) is 12.1 Å². The van der Waals surface area contributed by atoms with Crippen molar-refractivity contribution in [2.24, 2.45) is 0 Å². The summed E-state index contributed by atoms with van der Waals surface area (Å²) in [7, 11) is 1.94. The largest absolute Gasteiger partial charge is 0.341 e. The number of rotatable bonds is 4. The number of piperidine rings is 1. The number of likely N-dealkylation sites (N-methyl/N-ethyl adjacent to an activating group) is 1. The van der Waals surface area contributed by atoms with Crippen LogP contribution in [0.2, 0.25) is 0 Å². The topological polar surface area (TPSA) is 52.7 Å². The number of fused-ring (bicyclic) bond motifs is 1. The van der Waals surface area contributed by atoms with Gasteiger partial charge in [0.1, 0.15) is 0 Å². The van der Waals surface area contributed by atoms with Gasteiger partial charge in [0.15, 0.2) is 0 Å². The Bertz CT molecular complexity index is 593. The van der Waals surface area contributed by atoms with Gasteiger partial charge in [0.2, 0.25) is 11.8 Å². The lowest BCUT2D eigenvalue weighted by atomic mass is 10.1. The molecule has 1 saturated heterocycles. The summed E-state index contributed by atoms with van der Waals surface area (Å²) in [6.45, 7) is 2.07. The third kappa shape index (κ3) is 3.70. The van der Waals surface area contributed by atoms with E-state index in [0.717, 1.165) is 36.5 Å². The van der Waals surface area contributed by atoms with Crippen LogP contribution in [0.4, 0.5) is 5.69 Å². The third-order valence-corrected chi connectivity index (χ3v) is 5.59. The zero-order chi connectivity index (χ0) is 16.2. The Labute approximate surface area is 141 Å². The summed E-state index contributed by atoms with van der Waals surface area (Å²) in [5, 5.41) is 3.25. The van der Waals surface area contributed by atoms with Crippen molar-refractivity contribution >= 4 is 29.3 Å². The van der Waals surface area contributed by atoms with Gasteiger partial charge in [-0.2, -0.15) is 0 Å². The highest BCUT2D eigenvalue weighted by Gasteiger charge is 2.27. The van der Waals surface area contributed by atoms with E-state index in [0.29, 0.717) is 24.8 Å². The zero-order valence-corrected chi connectivity index (χ0v) is 14.3. The summed E-state index contributed by atoms with van der Waals surface area (Å²) >= 11 is 1.57. The zero-order valence-electron chi connectivity index (χ0n) is 13.5. The minimum absolute atomic E-state index is 0.0910. The summed E-state index contributed by atoms with van der Waals surface area (Å²) in [5.41, 5.74) is 0.938. The molecule has 0 aliphatic carbocycles. The molecule has 1 N–H and O–H groups in total. The van der Waals surface area contributed by atoms with Gasteiger partial charge in [-0.05, 0) is 32.0 Å². The normalized spacial score (nSPS) is 21.3. The van der Waals surface area contributed by atoms with Crippen molar-refractivity contribution < 1.29 is 9.59 Å². The lowest BCUT2D eigenvalue weighted by molar-refractivity contribution is -0.132. The molecule has 124 valence electrons. The van der Waals surface area contributed by atoms with Crippen LogP contribution < -0.4 is 10.2 Å². The van der Waals surface area contributed by atoms with Crippen LogP contribution in [0.5, 0.6) is 0 Å². The molecule has 1 aromatic carbocycles. The van der Waals surface area contributed by atoms with Crippen molar-refractivity contribution in [1.29, 1.82) is 0 Å². The Balaban J connectivity index is 1.61. The molecule has 0 radical (unpaired) electrons. The molecular weight excluding hydrogens is 310 g/mol. The molecular formula is C17H23N3O2S. The van der Waals surface area contributed by atoms with Gasteiger partial charge in [0.05, 0.1) is 11.4 Å². The van der Waals surface area contributed by atoms with Gasteiger partial charge in [-0.25, -0.2) is 0 Å². The first-order valence-corrected chi connectivity index (χ1v) is 9.15. The third-order valence-electron chi connectivity index (χ3n) is 4.54. The number of thioether (sulfide) groups is 1. The van der Waals surface area contributed by atoms with Gasteiger partial charge < -0.3 is 15.1 Å². The first-order valence-electron chi connectivity index (χ1n) is 8.16. The van der Waals surface area contributed by atoms with Crippen molar-refractivity contribution in [2.75, 3.05) is 37.3 Å². The lowest BCUT2D eigenvalue weighted by Crippen LogP contribution is -2.48. The van der Waals surface area contributed by atoms with E-state index in [-0.39, 0.29) is 11.8 Å². The van der Waals surface area contributed by atoms with Crippen molar-refractivity contribution in [3.05, 3.63) is 24.3 Å². The van der Waals surface area contributed by atoms with Gasteiger partial charge in [-0.3, -0.25) is 9.59 Å². The standard InChI is InChI=1S/C17H23N3O2S/c1-18-13-5-4-9-19(11-13)16(21)8-10-20-14-6-2-3-7-15(14)23-12-17(20)22/h2-3,6-7,13,18H,4-5,8-12H2,1H3. The number of carbonyl (C=O) groups excluding carboxylic acids is 2. The number of amides is 2. The number of benzene rings is 1. The Morgan fingerprint density at radius 3 is 3.04 bits per heavy atom. The number of likely N-dealkylation sites (tertiary alicyclic amines) is 1. The maximum atomic E-state index is 12.5. The number of nitrogens with zero attached hydrogens (tertiary/aromatic N) is 2. The maximum absolute atomic E-state index is 12.5. The number of hydrogen-bond acceptors (Lipinski definition) is 4. The summed E-state index contributed by atoms with van der Waals surface area (Å²) < 4.78 is 0. The van der Waals surface area contributed by atoms with E-state index in [2.05, 4.69) is 5.32 Å². The second kappa shape index (κ2) is 7.36. The van der Waals surface area contributed by atoms with E-state index in [4.69, 9.17) is 0 Å². The minimum Gasteiger partial charge on any atom is -0.341 e. The van der Waals surface area contributed by atoms with Crippen LogP contribution in [0.3, 0.4) is 0 Å². The fraction of sp³-hybridized carbons (Fsp3) is 0.529. The molecule has 1 fully saturated rings. The molecule has 0 spiro atoms. The summed E-state index contributed by atoms with van der Waals surface area (Å²) in [6.07, 6.45) is 2.55. The Morgan fingerprint density at radius 2 is 2.22 bits per heavy atom. The monoisotopic (exact) mass is 333 g/mol. The average molecular weight is 333 g/mol. The van der Waals surface area contributed by atoms with Crippen molar-refractivity contribution in [3.8, 4) is 0 Å². The first kappa shape index (κ1) is 16.3. The number of para-hydroxylation sites is 1. The Kier molecular flexibility index (Phi) is 5.23. The molecule has 1 atom stereocenters. The van der Waals surface area contributed by atoms with E-state index >= 15 is 0 Å². The molecule has 2 aliphatic rings. The van der Waals surface area contributed by atoms with Gasteiger partial charge in [0.25, 0.3) is 0 Å². The smallest absolute Gasteiger partial charge is 0.237 e. The van der Waals surface area contributed by atoms with Crippen LogP contribution in [0.25, 0.3) is 0 Å². The Morgan fingerprint density at radius 1 is 1.39 bits per heavy atom. The number of carbonyl (C=O) groups is 2. The SMILES string of the molecule is CNC1CCCN(C(=O)CCN2C(=O)CSc3ccccc32)C1. The average Bonchev–Trinajstić information content (AvgIpc) is 2.60. The fourth-order valence-corrected chi connectivity index (χ4v) is 4.14. The van der Waals surface area contributed by atoms with Crippen LogP contribution in [0, 0.1) is 0 Å². The molecule has 6 heteroatoms. The molecule has 2 amide bonds. The highest BCUT2D eigenvalue weighted by Crippen LogP contribution is 2.34. The highest BCUT2D eigenvalue weighted by atomic mass is 32.2. The molecule has 1 aromatic rings. The van der Waals surface area contributed by atoms with Gasteiger partial charge in [-0.15, -0.1) is 11.8 Å². The molecule has 2 aliphatic heterocycles. The molecule has 1 unspecified atom stereocenters. The number of anilines is 1. The van der Waals surface area contributed by atoms with E-state index < -0.39 is 0 Å². The van der Waals surface area contributed by atoms with E-state index in [1.807, 2.05) is 36.2 Å². The molecule has 0 saturated carbocycles. The van der Waals surface area contributed by atoms with E-state index in [9.17, 15) is 9.59 Å². The van der Waals surface area contributed by atoms with Crippen LogP contribution in [-0.4, -0.2) is 55.2 Å². The second-order valence-electron chi connectivity index (χ2n) is 6.02. The highest BCUT2D eigenvalue weighted by molar-refractivity contribution is 8.00. The lowest BCUT2D eigenvalue weighted by Gasteiger charge is -2.34. The quantitative estimate of drug-likeness (QED) is 0.912. The number of nitrogens with one attached hydrogen (secondary N) is 1. The predicted molar refractivity (Wildman–Crippen MR) is 92.8 cm³/mol. The van der Waals surface area contributed by atoms with Crippen molar-refractivity contribution in [1.82, 2.24) is 10.2 Å². The van der Waals surface area contributed by atoms with Crippen LogP contribution in [0.15, 0.2) is 29.2 Å². The number of hydrogen-bond donors (Lipinski definition) is 1. The predicted octanol–water partition coefficient (Wildman–Crippen LogP) is 1.73. The molecule has 0 aromatic heterocycles. The first-order chi connectivity index (χ1) is 11.2. The van der Waals surface area contributed by atoms with Crippen LogP contribution in [0.1, 0.15) is 19.3 Å². The van der Waals surface area contributed by atoms with Gasteiger partial charge in [0, 0.05) is 37.0 Å². The van der Waals surface area contributed by atoms with Crippen LogP contribution in [-0.2, 0) is 9.59 Å².